The minimum atomic E-state index is -0.642. The fourth-order valence-corrected chi connectivity index (χ4v) is 3.01. The van der Waals surface area contributed by atoms with E-state index >= 15 is 0 Å². The Morgan fingerprint density at radius 1 is 1.40 bits per heavy atom. The molecule has 0 N–H and O–H groups in total. The van der Waals surface area contributed by atoms with E-state index in [4.69, 9.17) is 4.74 Å². The van der Waals surface area contributed by atoms with Crippen LogP contribution in [-0.2, 0) is 4.79 Å². The molecule has 0 bridgehead atoms. The first kappa shape index (κ1) is 14.6. The third-order valence-electron chi connectivity index (χ3n) is 4.16. The topological polar surface area (TPSA) is 50.1 Å². The summed E-state index contributed by atoms with van der Waals surface area (Å²) in [7, 11) is 0. The van der Waals surface area contributed by atoms with Gasteiger partial charge in [0.25, 0.3) is 0 Å². The quantitative estimate of drug-likeness (QED) is 0.820. The Balaban J connectivity index is 2.15. The number of ether oxygens (including phenoxy) is 1. The van der Waals surface area contributed by atoms with Crippen molar-refractivity contribution in [3.63, 3.8) is 0 Å². The van der Waals surface area contributed by atoms with E-state index in [9.17, 15) is 10.1 Å². The monoisotopic (exact) mass is 271 g/mol. The van der Waals surface area contributed by atoms with E-state index in [0.29, 0.717) is 12.5 Å². The first-order valence-corrected chi connectivity index (χ1v) is 7.33. The summed E-state index contributed by atoms with van der Waals surface area (Å²) in [6, 6.07) is 9.49. The molecular weight excluding hydrogens is 250 g/mol. The molecule has 3 nitrogen and oxygen atoms in total. The molecule has 0 amide bonds. The van der Waals surface area contributed by atoms with E-state index in [1.165, 1.54) is 0 Å². The second-order valence-corrected chi connectivity index (χ2v) is 5.48. The highest BCUT2D eigenvalue weighted by Gasteiger charge is 2.34. The highest BCUT2D eigenvalue weighted by atomic mass is 16.5. The van der Waals surface area contributed by atoms with Crippen molar-refractivity contribution in [1.29, 1.82) is 5.26 Å². The summed E-state index contributed by atoms with van der Waals surface area (Å²) in [6.45, 7) is 4.65. The van der Waals surface area contributed by atoms with Crippen molar-refractivity contribution in [2.45, 2.75) is 39.0 Å². The van der Waals surface area contributed by atoms with Crippen molar-refractivity contribution in [2.24, 2.45) is 11.8 Å². The van der Waals surface area contributed by atoms with Crippen LogP contribution in [0.4, 0.5) is 0 Å². The van der Waals surface area contributed by atoms with Crippen molar-refractivity contribution < 1.29 is 9.53 Å². The van der Waals surface area contributed by atoms with Crippen LogP contribution in [0.25, 0.3) is 0 Å². The third kappa shape index (κ3) is 3.01. The zero-order valence-electron chi connectivity index (χ0n) is 12.1. The van der Waals surface area contributed by atoms with Crippen LogP contribution in [0.5, 0.6) is 5.75 Å². The maximum atomic E-state index is 12.5. The number of nitriles is 1. The summed E-state index contributed by atoms with van der Waals surface area (Å²) in [6.07, 6.45) is 3.12. The Bertz CT molecular complexity index is 501. The van der Waals surface area contributed by atoms with Gasteiger partial charge in [0.05, 0.1) is 12.7 Å². The lowest BCUT2D eigenvalue weighted by Crippen LogP contribution is -2.23. The van der Waals surface area contributed by atoms with Crippen molar-refractivity contribution in [2.75, 3.05) is 6.61 Å². The Kier molecular flexibility index (Phi) is 4.79. The van der Waals surface area contributed by atoms with Crippen molar-refractivity contribution >= 4 is 5.78 Å². The van der Waals surface area contributed by atoms with E-state index in [-0.39, 0.29) is 11.7 Å². The average molecular weight is 271 g/mol. The van der Waals surface area contributed by atoms with Crippen LogP contribution in [0.1, 0.15) is 44.6 Å². The van der Waals surface area contributed by atoms with Crippen LogP contribution >= 0.6 is 0 Å². The molecule has 0 spiro atoms. The molecule has 3 unspecified atom stereocenters. The summed E-state index contributed by atoms with van der Waals surface area (Å²) >= 11 is 0. The van der Waals surface area contributed by atoms with Gasteiger partial charge in [-0.3, -0.25) is 4.79 Å². The zero-order chi connectivity index (χ0) is 14.5. The minimum Gasteiger partial charge on any atom is -0.494 e. The fraction of sp³-hybridized carbons (Fsp3) is 0.529. The second kappa shape index (κ2) is 6.56. The first-order chi connectivity index (χ1) is 9.67. The van der Waals surface area contributed by atoms with Crippen LogP contribution in [0, 0.1) is 23.2 Å². The van der Waals surface area contributed by atoms with Gasteiger partial charge in [-0.2, -0.15) is 5.26 Å². The van der Waals surface area contributed by atoms with E-state index < -0.39 is 5.92 Å². The molecule has 1 saturated carbocycles. The smallest absolute Gasteiger partial charge is 0.157 e. The minimum absolute atomic E-state index is 0.0474. The van der Waals surface area contributed by atoms with Gasteiger partial charge in [0.1, 0.15) is 11.7 Å². The maximum absolute atomic E-state index is 12.5. The van der Waals surface area contributed by atoms with Crippen LogP contribution in [0.2, 0.25) is 0 Å². The molecule has 0 saturated heterocycles. The molecule has 1 aromatic carbocycles. The summed E-state index contributed by atoms with van der Waals surface area (Å²) in [4.78, 5) is 12.5. The Morgan fingerprint density at radius 2 is 2.10 bits per heavy atom. The second-order valence-electron chi connectivity index (χ2n) is 5.48. The maximum Gasteiger partial charge on any atom is 0.157 e. The number of ketones is 1. The van der Waals surface area contributed by atoms with Gasteiger partial charge in [-0.05, 0) is 43.4 Å². The number of Topliss-reactive ketones (excluding diaryl/α,β-unsaturated/α-hetero) is 1. The van der Waals surface area contributed by atoms with Gasteiger partial charge in [-0.1, -0.05) is 25.5 Å². The number of rotatable bonds is 5. The summed E-state index contributed by atoms with van der Waals surface area (Å²) in [5.41, 5.74) is 0.778. The molecule has 20 heavy (non-hydrogen) atoms. The zero-order valence-corrected chi connectivity index (χ0v) is 12.1. The van der Waals surface area contributed by atoms with E-state index in [2.05, 4.69) is 13.0 Å². The normalized spacial score (nSPS) is 23.1. The Morgan fingerprint density at radius 3 is 2.60 bits per heavy atom. The number of hydrogen-bond donors (Lipinski definition) is 0. The molecule has 2 rings (SSSR count). The number of carbonyl (C=O) groups excluding carboxylic acids is 1. The molecular formula is C17H21NO2. The van der Waals surface area contributed by atoms with Gasteiger partial charge in [0.2, 0.25) is 0 Å². The molecule has 3 heteroatoms. The lowest BCUT2D eigenvalue weighted by Gasteiger charge is -2.18. The number of benzene rings is 1. The van der Waals surface area contributed by atoms with Gasteiger partial charge in [0, 0.05) is 5.92 Å². The predicted molar refractivity (Wildman–Crippen MR) is 77.5 cm³/mol. The average Bonchev–Trinajstić information content (AvgIpc) is 2.88. The lowest BCUT2D eigenvalue weighted by molar-refractivity contribution is -0.124. The van der Waals surface area contributed by atoms with Gasteiger partial charge in [-0.25, -0.2) is 0 Å². The van der Waals surface area contributed by atoms with Crippen molar-refractivity contribution in [1.82, 2.24) is 0 Å². The summed E-state index contributed by atoms with van der Waals surface area (Å²) in [5.74, 6) is 0.666. The molecule has 0 heterocycles. The first-order valence-electron chi connectivity index (χ1n) is 7.33. The predicted octanol–water partition coefficient (Wildman–Crippen LogP) is 3.70. The largest absolute Gasteiger partial charge is 0.494 e. The molecule has 3 atom stereocenters. The van der Waals surface area contributed by atoms with E-state index in [1.807, 2.05) is 31.2 Å². The lowest BCUT2D eigenvalue weighted by atomic mass is 9.83. The van der Waals surface area contributed by atoms with Crippen molar-refractivity contribution in [3.05, 3.63) is 29.8 Å². The van der Waals surface area contributed by atoms with Gasteiger partial charge < -0.3 is 4.74 Å². The third-order valence-corrected chi connectivity index (χ3v) is 4.16. The molecule has 0 radical (unpaired) electrons. The summed E-state index contributed by atoms with van der Waals surface area (Å²) < 4.78 is 5.38. The molecule has 1 fully saturated rings. The number of nitrogens with zero attached hydrogens (tertiary/aromatic N) is 1. The van der Waals surface area contributed by atoms with Crippen molar-refractivity contribution in [3.8, 4) is 11.8 Å². The van der Waals surface area contributed by atoms with Gasteiger partial charge in [-0.15, -0.1) is 0 Å². The van der Waals surface area contributed by atoms with Gasteiger partial charge in [0.15, 0.2) is 5.78 Å². The van der Waals surface area contributed by atoms with Crippen LogP contribution < -0.4 is 4.74 Å². The van der Waals surface area contributed by atoms with E-state index in [0.717, 1.165) is 30.6 Å². The molecule has 1 aliphatic rings. The molecule has 0 aromatic heterocycles. The fourth-order valence-electron chi connectivity index (χ4n) is 3.01. The van der Waals surface area contributed by atoms with E-state index in [1.54, 1.807) is 0 Å². The standard InChI is InChI=1S/C17H21NO2/c1-3-20-14-9-7-13(8-10-14)16(11-18)17(19)15-6-4-5-12(15)2/h7-10,12,15-16H,3-6H2,1-2H3. The summed E-state index contributed by atoms with van der Waals surface area (Å²) in [5, 5.41) is 9.37. The molecule has 106 valence electrons. The Hall–Kier alpha value is -1.82. The van der Waals surface area contributed by atoms with Gasteiger partial charge >= 0.3 is 0 Å². The number of hydrogen-bond acceptors (Lipinski definition) is 3. The van der Waals surface area contributed by atoms with Crippen LogP contribution in [0.3, 0.4) is 0 Å². The SMILES string of the molecule is CCOc1ccc(C(C#N)C(=O)C2CCCC2C)cc1. The Labute approximate surface area is 120 Å². The highest BCUT2D eigenvalue weighted by molar-refractivity contribution is 5.90. The van der Waals surface area contributed by atoms with Crippen LogP contribution in [0.15, 0.2) is 24.3 Å². The molecule has 0 aliphatic heterocycles. The molecule has 1 aliphatic carbocycles. The molecule has 1 aromatic rings. The highest BCUT2D eigenvalue weighted by Crippen LogP contribution is 2.35. The van der Waals surface area contributed by atoms with Crippen LogP contribution in [-0.4, -0.2) is 12.4 Å². The number of carbonyl (C=O) groups is 1.